The van der Waals surface area contributed by atoms with Crippen LogP contribution in [0.3, 0.4) is 0 Å². The fourth-order valence-corrected chi connectivity index (χ4v) is 5.75. The Morgan fingerprint density at radius 3 is 3.00 bits per heavy atom. The summed E-state index contributed by atoms with van der Waals surface area (Å²) in [5.74, 6) is 1.91. The van der Waals surface area contributed by atoms with Crippen molar-refractivity contribution in [1.29, 1.82) is 0 Å². The molecule has 8 heteroatoms. The number of carbonyl (C=O) groups excluding carboxylic acids is 2. The highest BCUT2D eigenvalue weighted by Crippen LogP contribution is 2.33. The SMILES string of the molecule is C[C@H](NC(=O)CCCC[C@@H]1SC[C@@H]2NC(=O)N[C@@H]21)c1nc2ccccc2n1C. The van der Waals surface area contributed by atoms with Gasteiger partial charge in [0.05, 0.1) is 29.2 Å². The Morgan fingerprint density at radius 1 is 1.36 bits per heavy atom. The van der Waals surface area contributed by atoms with Gasteiger partial charge in [-0.05, 0) is 31.9 Å². The van der Waals surface area contributed by atoms with Gasteiger partial charge in [0.15, 0.2) is 0 Å². The van der Waals surface area contributed by atoms with Crippen molar-refractivity contribution in [1.82, 2.24) is 25.5 Å². The predicted octanol–water partition coefficient (Wildman–Crippen LogP) is 2.48. The first kappa shape index (κ1) is 19.1. The topological polar surface area (TPSA) is 88.1 Å². The van der Waals surface area contributed by atoms with E-state index in [0.29, 0.717) is 11.7 Å². The zero-order valence-electron chi connectivity index (χ0n) is 16.3. The molecule has 4 rings (SSSR count). The van der Waals surface area contributed by atoms with Crippen LogP contribution < -0.4 is 16.0 Å². The highest BCUT2D eigenvalue weighted by molar-refractivity contribution is 8.00. The number of carbonyl (C=O) groups is 2. The lowest BCUT2D eigenvalue weighted by Gasteiger charge is -2.17. The third-order valence-corrected chi connectivity index (χ3v) is 7.18. The van der Waals surface area contributed by atoms with Crippen molar-refractivity contribution in [3.63, 3.8) is 0 Å². The van der Waals surface area contributed by atoms with Gasteiger partial charge >= 0.3 is 6.03 Å². The van der Waals surface area contributed by atoms with Gasteiger partial charge in [-0.25, -0.2) is 9.78 Å². The van der Waals surface area contributed by atoms with E-state index in [1.165, 1.54) is 0 Å². The molecular formula is C20H27N5O2S. The normalized spacial score (nSPS) is 24.6. The molecule has 0 saturated carbocycles. The number of nitrogens with zero attached hydrogens (tertiary/aromatic N) is 2. The van der Waals surface area contributed by atoms with Crippen LogP contribution in [0.2, 0.25) is 0 Å². The van der Waals surface area contributed by atoms with E-state index in [1.54, 1.807) is 0 Å². The molecule has 150 valence electrons. The fourth-order valence-electron chi connectivity index (χ4n) is 4.20. The molecule has 0 bridgehead atoms. The lowest BCUT2D eigenvalue weighted by molar-refractivity contribution is -0.121. The molecule has 28 heavy (non-hydrogen) atoms. The number of urea groups is 1. The molecule has 3 heterocycles. The predicted molar refractivity (Wildman–Crippen MR) is 111 cm³/mol. The van der Waals surface area contributed by atoms with Gasteiger partial charge in [0.2, 0.25) is 5.91 Å². The minimum absolute atomic E-state index is 0.0457. The van der Waals surface area contributed by atoms with E-state index < -0.39 is 0 Å². The number of fused-ring (bicyclic) bond motifs is 2. The Morgan fingerprint density at radius 2 is 2.18 bits per heavy atom. The molecule has 0 aliphatic carbocycles. The minimum Gasteiger partial charge on any atom is -0.346 e. The molecule has 0 radical (unpaired) electrons. The van der Waals surface area contributed by atoms with E-state index in [1.807, 2.05) is 54.6 Å². The van der Waals surface area contributed by atoms with Crippen molar-refractivity contribution in [3.05, 3.63) is 30.1 Å². The molecule has 2 saturated heterocycles. The highest BCUT2D eigenvalue weighted by Gasteiger charge is 2.42. The number of benzene rings is 1. The molecule has 0 spiro atoms. The fraction of sp³-hybridized carbons (Fsp3) is 0.550. The van der Waals surface area contributed by atoms with E-state index in [4.69, 9.17) is 0 Å². The van der Waals surface area contributed by atoms with E-state index in [2.05, 4.69) is 20.9 Å². The van der Waals surface area contributed by atoms with Gasteiger partial charge in [-0.15, -0.1) is 0 Å². The molecule has 1 aromatic carbocycles. The molecule has 7 nitrogen and oxygen atoms in total. The molecular weight excluding hydrogens is 374 g/mol. The smallest absolute Gasteiger partial charge is 0.315 e. The highest BCUT2D eigenvalue weighted by atomic mass is 32.2. The summed E-state index contributed by atoms with van der Waals surface area (Å²) < 4.78 is 2.04. The molecule has 2 aliphatic heterocycles. The monoisotopic (exact) mass is 401 g/mol. The average molecular weight is 402 g/mol. The number of rotatable bonds is 7. The van der Waals surface area contributed by atoms with Crippen LogP contribution in [-0.2, 0) is 11.8 Å². The zero-order valence-corrected chi connectivity index (χ0v) is 17.1. The van der Waals surface area contributed by atoms with Crippen LogP contribution in [0.5, 0.6) is 0 Å². The Balaban J connectivity index is 1.22. The Hall–Kier alpha value is -2.22. The molecule has 1 aromatic heterocycles. The second kappa shape index (κ2) is 8.03. The zero-order chi connectivity index (χ0) is 19.7. The number of unbranched alkanes of at least 4 members (excludes halogenated alkanes) is 1. The third kappa shape index (κ3) is 3.83. The van der Waals surface area contributed by atoms with Crippen molar-refractivity contribution in [2.24, 2.45) is 7.05 Å². The number of hydrogen-bond donors (Lipinski definition) is 3. The summed E-state index contributed by atoms with van der Waals surface area (Å²) in [4.78, 5) is 28.4. The number of nitrogens with one attached hydrogen (secondary N) is 3. The van der Waals surface area contributed by atoms with Gasteiger partial charge in [0, 0.05) is 24.5 Å². The van der Waals surface area contributed by atoms with Crippen molar-refractivity contribution in [2.45, 2.75) is 56.0 Å². The van der Waals surface area contributed by atoms with Crippen LogP contribution in [0.25, 0.3) is 11.0 Å². The Kier molecular flexibility index (Phi) is 5.48. The lowest BCUT2D eigenvalue weighted by atomic mass is 10.0. The maximum Gasteiger partial charge on any atom is 0.315 e. The lowest BCUT2D eigenvalue weighted by Crippen LogP contribution is -2.36. The average Bonchev–Trinajstić information content (AvgIpc) is 3.32. The van der Waals surface area contributed by atoms with Gasteiger partial charge in [-0.1, -0.05) is 18.6 Å². The summed E-state index contributed by atoms with van der Waals surface area (Å²) >= 11 is 1.92. The second-order valence-electron chi connectivity index (χ2n) is 7.67. The van der Waals surface area contributed by atoms with Crippen LogP contribution >= 0.6 is 11.8 Å². The molecule has 3 N–H and O–H groups in total. The van der Waals surface area contributed by atoms with Gasteiger partial charge in [-0.2, -0.15) is 11.8 Å². The van der Waals surface area contributed by atoms with Crippen LogP contribution in [0.4, 0.5) is 4.79 Å². The summed E-state index contributed by atoms with van der Waals surface area (Å²) in [5, 5.41) is 9.50. The van der Waals surface area contributed by atoms with Crippen molar-refractivity contribution < 1.29 is 9.59 Å². The Bertz CT molecular complexity index is 883. The summed E-state index contributed by atoms with van der Waals surface area (Å²) in [6, 6.07) is 8.32. The maximum absolute atomic E-state index is 12.4. The molecule has 2 aromatic rings. The van der Waals surface area contributed by atoms with Gasteiger partial charge in [0.1, 0.15) is 5.82 Å². The summed E-state index contributed by atoms with van der Waals surface area (Å²) in [6.07, 6.45) is 3.40. The number of thioether (sulfide) groups is 1. The number of aryl methyl sites for hydroxylation is 1. The number of aromatic nitrogens is 2. The van der Waals surface area contributed by atoms with E-state index in [9.17, 15) is 9.59 Å². The maximum atomic E-state index is 12.4. The first-order valence-electron chi connectivity index (χ1n) is 9.92. The standard InChI is InChI=1S/C20H27N5O2S/c1-12(19-22-13-7-3-4-8-15(13)25(19)2)21-17(26)10-6-5-9-16-18-14(11-28-16)23-20(27)24-18/h3-4,7-8,12,14,16,18H,5-6,9-11H2,1-2H3,(H,21,26)(H2,23,24,27)/t12-,14-,16-,18-/m0/s1. The van der Waals surface area contributed by atoms with Gasteiger partial charge < -0.3 is 20.5 Å². The van der Waals surface area contributed by atoms with Crippen LogP contribution in [0, 0.1) is 0 Å². The second-order valence-corrected chi connectivity index (χ2v) is 8.95. The van der Waals surface area contributed by atoms with Crippen molar-refractivity contribution >= 4 is 34.7 Å². The van der Waals surface area contributed by atoms with Gasteiger partial charge in [0.25, 0.3) is 0 Å². The van der Waals surface area contributed by atoms with Crippen LogP contribution in [-0.4, -0.2) is 44.6 Å². The van der Waals surface area contributed by atoms with E-state index in [-0.39, 0.29) is 30.1 Å². The Labute approximate surface area is 169 Å². The van der Waals surface area contributed by atoms with E-state index >= 15 is 0 Å². The third-order valence-electron chi connectivity index (χ3n) is 5.67. The number of para-hydroxylation sites is 2. The van der Waals surface area contributed by atoms with Crippen molar-refractivity contribution in [2.75, 3.05) is 5.75 Å². The van der Waals surface area contributed by atoms with Gasteiger partial charge in [-0.3, -0.25) is 4.79 Å². The molecule has 0 unspecified atom stereocenters. The summed E-state index contributed by atoms with van der Waals surface area (Å²) in [6.45, 7) is 1.98. The largest absolute Gasteiger partial charge is 0.346 e. The molecule has 3 amide bonds. The number of hydrogen-bond acceptors (Lipinski definition) is 4. The van der Waals surface area contributed by atoms with Crippen LogP contribution in [0.15, 0.2) is 24.3 Å². The molecule has 2 aliphatic rings. The summed E-state index contributed by atoms with van der Waals surface area (Å²) in [5.41, 5.74) is 2.02. The number of imidazole rings is 1. The molecule has 2 fully saturated rings. The van der Waals surface area contributed by atoms with E-state index in [0.717, 1.165) is 41.9 Å². The first-order valence-corrected chi connectivity index (χ1v) is 11.0. The van der Waals surface area contributed by atoms with Crippen molar-refractivity contribution in [3.8, 4) is 0 Å². The number of amides is 3. The quantitative estimate of drug-likeness (QED) is 0.491. The summed E-state index contributed by atoms with van der Waals surface area (Å²) in [7, 11) is 1.98. The minimum atomic E-state index is -0.129. The molecule has 4 atom stereocenters. The van der Waals surface area contributed by atoms with Crippen LogP contribution in [0.1, 0.15) is 44.5 Å². The first-order chi connectivity index (χ1) is 13.5.